The summed E-state index contributed by atoms with van der Waals surface area (Å²) in [4.78, 5) is 6.97. The molecule has 2 atom stereocenters. The first-order valence-corrected chi connectivity index (χ1v) is 10.3. The number of nitrogens with zero attached hydrogens (tertiary/aromatic N) is 3. The fourth-order valence-electron chi connectivity index (χ4n) is 3.98. The largest absolute Gasteiger partial charge is 0.352 e. The van der Waals surface area contributed by atoms with Crippen LogP contribution < -0.4 is 5.32 Å². The molecule has 1 N–H and O–H groups in total. The van der Waals surface area contributed by atoms with Gasteiger partial charge in [-0.25, -0.2) is 0 Å². The quantitative estimate of drug-likeness (QED) is 0.604. The Hall–Kier alpha value is -2.66. The third kappa shape index (κ3) is 3.42. The van der Waals surface area contributed by atoms with Crippen LogP contribution >= 0.6 is 12.2 Å². The summed E-state index contributed by atoms with van der Waals surface area (Å²) < 4.78 is 2.30. The highest BCUT2D eigenvalue weighted by Crippen LogP contribution is 2.39. The summed E-state index contributed by atoms with van der Waals surface area (Å²) >= 11 is 5.75. The number of aromatic nitrogens is 2. The maximum atomic E-state index is 5.75. The van der Waals surface area contributed by atoms with Crippen LogP contribution in [0.5, 0.6) is 0 Å². The Bertz CT molecular complexity index is 950. The van der Waals surface area contributed by atoms with Gasteiger partial charge >= 0.3 is 0 Å². The van der Waals surface area contributed by atoms with Crippen molar-refractivity contribution in [1.29, 1.82) is 0 Å². The number of pyridine rings is 1. The minimum absolute atomic E-state index is 0.0308. The molecule has 3 aromatic rings. The van der Waals surface area contributed by atoms with Crippen LogP contribution in [-0.2, 0) is 0 Å². The first kappa shape index (κ1) is 18.7. The highest BCUT2D eigenvalue weighted by molar-refractivity contribution is 7.80. The molecule has 0 aliphatic carbocycles. The zero-order valence-electron chi connectivity index (χ0n) is 16.4. The van der Waals surface area contributed by atoms with Crippen molar-refractivity contribution in [2.24, 2.45) is 0 Å². The van der Waals surface area contributed by atoms with Crippen LogP contribution in [0.4, 0.5) is 0 Å². The van der Waals surface area contributed by atoms with E-state index in [1.807, 2.05) is 18.3 Å². The van der Waals surface area contributed by atoms with Crippen molar-refractivity contribution < 1.29 is 0 Å². The fraction of sp³-hybridized carbons (Fsp3) is 0.304. The molecule has 0 spiro atoms. The number of hydrogen-bond acceptors (Lipinski definition) is 2. The SMILES string of the molecule is CCCCN1C(=S)N[C@H](c2ccccn2)[C@@H]1c1cccn1-c1ccccc1C. The van der Waals surface area contributed by atoms with Gasteiger partial charge < -0.3 is 14.8 Å². The average Bonchev–Trinajstić information content (AvgIpc) is 3.31. The number of unbranched alkanes of at least 4 members (excludes halogenated alkanes) is 1. The molecule has 5 heteroatoms. The van der Waals surface area contributed by atoms with Gasteiger partial charge in [-0.1, -0.05) is 37.6 Å². The molecule has 1 aliphatic heterocycles. The molecule has 1 aromatic carbocycles. The number of thiocarbonyl (C=S) groups is 1. The van der Waals surface area contributed by atoms with E-state index in [1.165, 1.54) is 16.9 Å². The van der Waals surface area contributed by atoms with Gasteiger partial charge in [-0.05, 0) is 61.5 Å². The maximum Gasteiger partial charge on any atom is 0.170 e. The van der Waals surface area contributed by atoms with Crippen LogP contribution in [0.2, 0.25) is 0 Å². The van der Waals surface area contributed by atoms with Crippen LogP contribution in [0.1, 0.15) is 48.8 Å². The van der Waals surface area contributed by atoms with E-state index in [4.69, 9.17) is 12.2 Å². The third-order valence-corrected chi connectivity index (χ3v) is 5.76. The zero-order valence-corrected chi connectivity index (χ0v) is 17.2. The summed E-state index contributed by atoms with van der Waals surface area (Å²) in [6, 6.07) is 19.0. The Morgan fingerprint density at radius 2 is 1.89 bits per heavy atom. The van der Waals surface area contributed by atoms with Gasteiger partial charge in [-0.15, -0.1) is 0 Å². The van der Waals surface area contributed by atoms with E-state index in [2.05, 4.69) is 82.3 Å². The van der Waals surface area contributed by atoms with Crippen molar-refractivity contribution in [3.05, 3.63) is 83.9 Å². The fourth-order valence-corrected chi connectivity index (χ4v) is 4.32. The molecule has 2 aromatic heterocycles. The molecule has 1 saturated heterocycles. The second-order valence-corrected chi connectivity index (χ2v) is 7.65. The molecular formula is C23H26N4S. The van der Waals surface area contributed by atoms with Crippen molar-refractivity contribution in [3.63, 3.8) is 0 Å². The summed E-state index contributed by atoms with van der Waals surface area (Å²) in [5, 5.41) is 4.35. The highest BCUT2D eigenvalue weighted by Gasteiger charge is 2.40. The lowest BCUT2D eigenvalue weighted by Crippen LogP contribution is -2.31. The Labute approximate surface area is 172 Å². The lowest BCUT2D eigenvalue weighted by atomic mass is 10.0. The predicted octanol–water partition coefficient (Wildman–Crippen LogP) is 4.95. The van der Waals surface area contributed by atoms with Gasteiger partial charge in [0.1, 0.15) is 0 Å². The van der Waals surface area contributed by atoms with Crippen molar-refractivity contribution in [2.45, 2.75) is 38.8 Å². The number of rotatable bonds is 6. The molecule has 28 heavy (non-hydrogen) atoms. The van der Waals surface area contributed by atoms with E-state index in [9.17, 15) is 0 Å². The Kier molecular flexibility index (Phi) is 5.44. The lowest BCUT2D eigenvalue weighted by molar-refractivity contribution is 0.304. The van der Waals surface area contributed by atoms with Crippen molar-refractivity contribution >= 4 is 17.3 Å². The van der Waals surface area contributed by atoms with E-state index >= 15 is 0 Å². The smallest absolute Gasteiger partial charge is 0.170 e. The van der Waals surface area contributed by atoms with Crippen molar-refractivity contribution in [1.82, 2.24) is 19.8 Å². The number of hydrogen-bond donors (Lipinski definition) is 1. The minimum atomic E-state index is 0.0308. The van der Waals surface area contributed by atoms with Gasteiger partial charge in [0.2, 0.25) is 0 Å². The van der Waals surface area contributed by atoms with Crippen molar-refractivity contribution in [3.8, 4) is 5.69 Å². The van der Waals surface area contributed by atoms with E-state index in [0.717, 1.165) is 30.2 Å². The lowest BCUT2D eigenvalue weighted by Gasteiger charge is -2.29. The van der Waals surface area contributed by atoms with Gasteiger partial charge in [0.05, 0.1) is 17.8 Å². The Morgan fingerprint density at radius 3 is 2.64 bits per heavy atom. The molecule has 0 unspecified atom stereocenters. The number of para-hydroxylation sites is 1. The van der Waals surface area contributed by atoms with Crippen LogP contribution in [0.25, 0.3) is 5.69 Å². The zero-order chi connectivity index (χ0) is 19.5. The number of benzene rings is 1. The van der Waals surface area contributed by atoms with E-state index < -0.39 is 0 Å². The summed E-state index contributed by atoms with van der Waals surface area (Å²) in [5.41, 5.74) is 4.71. The topological polar surface area (TPSA) is 33.1 Å². The summed E-state index contributed by atoms with van der Waals surface area (Å²) in [5.74, 6) is 0. The van der Waals surface area contributed by atoms with Crippen LogP contribution in [0.15, 0.2) is 67.0 Å². The Balaban J connectivity index is 1.81. The molecule has 1 aliphatic rings. The highest BCUT2D eigenvalue weighted by atomic mass is 32.1. The first-order valence-electron chi connectivity index (χ1n) is 9.92. The van der Waals surface area contributed by atoms with Crippen molar-refractivity contribution in [2.75, 3.05) is 6.54 Å². The molecule has 0 bridgehead atoms. The molecule has 0 saturated carbocycles. The minimum Gasteiger partial charge on any atom is -0.352 e. The van der Waals surface area contributed by atoms with Gasteiger partial charge in [-0.2, -0.15) is 0 Å². The second-order valence-electron chi connectivity index (χ2n) is 7.26. The molecule has 4 nitrogen and oxygen atoms in total. The summed E-state index contributed by atoms with van der Waals surface area (Å²) in [6.07, 6.45) is 6.25. The molecule has 3 heterocycles. The van der Waals surface area contributed by atoms with Gasteiger partial charge in [0, 0.05) is 30.3 Å². The number of aryl methyl sites for hydroxylation is 1. The second kappa shape index (κ2) is 8.15. The van der Waals surface area contributed by atoms with E-state index in [1.54, 1.807) is 0 Å². The van der Waals surface area contributed by atoms with Gasteiger partial charge in [0.15, 0.2) is 5.11 Å². The van der Waals surface area contributed by atoms with Crippen LogP contribution in [0.3, 0.4) is 0 Å². The summed E-state index contributed by atoms with van der Waals surface area (Å²) in [7, 11) is 0. The van der Waals surface area contributed by atoms with Crippen LogP contribution in [0, 0.1) is 6.92 Å². The molecule has 0 radical (unpaired) electrons. The maximum absolute atomic E-state index is 5.75. The van der Waals surface area contributed by atoms with E-state index in [-0.39, 0.29) is 12.1 Å². The number of nitrogens with one attached hydrogen (secondary N) is 1. The Morgan fingerprint density at radius 1 is 1.07 bits per heavy atom. The van der Waals surface area contributed by atoms with Gasteiger partial charge in [-0.3, -0.25) is 4.98 Å². The molecular weight excluding hydrogens is 364 g/mol. The molecule has 4 rings (SSSR count). The normalized spacial score (nSPS) is 19.1. The molecule has 1 fully saturated rings. The van der Waals surface area contributed by atoms with Crippen LogP contribution in [-0.4, -0.2) is 26.1 Å². The average molecular weight is 391 g/mol. The van der Waals surface area contributed by atoms with Gasteiger partial charge in [0.25, 0.3) is 0 Å². The molecule has 144 valence electrons. The predicted molar refractivity (Wildman–Crippen MR) is 118 cm³/mol. The summed E-state index contributed by atoms with van der Waals surface area (Å²) in [6.45, 7) is 5.31. The standard InChI is InChI=1S/C23H26N4S/c1-3-4-15-27-22(21(25-23(27)28)18-11-7-8-14-24-18)20-13-9-16-26(20)19-12-6-5-10-17(19)2/h5-14,16,21-22H,3-4,15H2,1-2H3,(H,25,28)/t21-,22+/m1/s1. The third-order valence-electron chi connectivity index (χ3n) is 5.41. The first-order chi connectivity index (χ1) is 13.7. The van der Waals surface area contributed by atoms with E-state index in [0.29, 0.717) is 0 Å². The monoisotopic (exact) mass is 390 g/mol. The molecule has 0 amide bonds.